The highest BCUT2D eigenvalue weighted by Crippen LogP contribution is 2.42. The third kappa shape index (κ3) is 3.30. The summed E-state index contributed by atoms with van der Waals surface area (Å²) in [7, 11) is 0. The van der Waals surface area contributed by atoms with E-state index in [9.17, 15) is 4.79 Å². The van der Waals surface area contributed by atoms with Gasteiger partial charge in [-0.15, -0.1) is 11.3 Å². The van der Waals surface area contributed by atoms with Crippen molar-refractivity contribution in [2.45, 2.75) is 38.3 Å². The number of hydrogen-bond acceptors (Lipinski definition) is 3. The molecule has 3 atom stereocenters. The van der Waals surface area contributed by atoms with Crippen LogP contribution < -0.4 is 10.2 Å². The first-order valence-corrected chi connectivity index (χ1v) is 10.8. The molecule has 0 saturated heterocycles. The zero-order valence-corrected chi connectivity index (χ0v) is 16.4. The van der Waals surface area contributed by atoms with Crippen LogP contribution in [-0.2, 0) is 11.2 Å². The number of carbonyl (C=O) groups is 1. The van der Waals surface area contributed by atoms with Gasteiger partial charge in [0.15, 0.2) is 6.54 Å². The lowest BCUT2D eigenvalue weighted by Crippen LogP contribution is -3.14. The van der Waals surface area contributed by atoms with Gasteiger partial charge in [0.05, 0.1) is 12.6 Å². The summed E-state index contributed by atoms with van der Waals surface area (Å²) in [6.07, 6.45) is 3.71. The summed E-state index contributed by atoms with van der Waals surface area (Å²) < 4.78 is 5.91. The van der Waals surface area contributed by atoms with Crippen LogP contribution in [0.5, 0.6) is 0 Å². The SMILES string of the molecule is C[C@H](NC(=O)C[NH+]1CCc2sccc2[C@@H]1C1CC1)c1cc2ccccc2o1. The van der Waals surface area contributed by atoms with Crippen LogP contribution in [0.25, 0.3) is 11.0 Å². The molecule has 140 valence electrons. The number of amides is 1. The molecule has 1 saturated carbocycles. The largest absolute Gasteiger partial charge is 0.459 e. The fourth-order valence-electron chi connectivity index (χ4n) is 4.48. The standard InChI is InChI=1S/C22H24N2O2S/c1-14(19-12-16-4-2-3-5-18(16)26-19)23-21(25)13-24-10-8-20-17(9-11-27-20)22(24)15-6-7-15/h2-5,9,11-12,14-15,22H,6-8,10,13H2,1H3,(H,23,25)/p+1/t14-,22-/m0/s1. The topological polar surface area (TPSA) is 46.7 Å². The van der Waals surface area contributed by atoms with Crippen molar-refractivity contribution >= 4 is 28.2 Å². The van der Waals surface area contributed by atoms with E-state index < -0.39 is 0 Å². The van der Waals surface area contributed by atoms with Crippen LogP contribution in [0.2, 0.25) is 0 Å². The van der Waals surface area contributed by atoms with Crippen LogP contribution in [0.3, 0.4) is 0 Å². The maximum absolute atomic E-state index is 12.8. The Balaban J connectivity index is 1.27. The van der Waals surface area contributed by atoms with Gasteiger partial charge >= 0.3 is 0 Å². The first-order chi connectivity index (χ1) is 13.2. The van der Waals surface area contributed by atoms with E-state index in [1.807, 2.05) is 48.6 Å². The second-order valence-corrected chi connectivity index (χ2v) is 8.93. The molecule has 2 aromatic heterocycles. The van der Waals surface area contributed by atoms with Crippen molar-refractivity contribution in [3.05, 3.63) is 58.0 Å². The lowest BCUT2D eigenvalue weighted by molar-refractivity contribution is -0.928. The van der Waals surface area contributed by atoms with Crippen LogP contribution in [0, 0.1) is 5.92 Å². The lowest BCUT2D eigenvalue weighted by Gasteiger charge is -2.32. The van der Waals surface area contributed by atoms with Crippen LogP contribution >= 0.6 is 11.3 Å². The third-order valence-corrected chi connectivity index (χ3v) is 6.95. The van der Waals surface area contributed by atoms with Crippen molar-refractivity contribution < 1.29 is 14.1 Å². The number of hydrogen-bond donors (Lipinski definition) is 2. The Labute approximate surface area is 163 Å². The number of fused-ring (bicyclic) bond motifs is 2. The fourth-order valence-corrected chi connectivity index (χ4v) is 5.41. The molecule has 3 aromatic rings. The zero-order valence-electron chi connectivity index (χ0n) is 15.5. The van der Waals surface area contributed by atoms with Crippen molar-refractivity contribution in [3.8, 4) is 0 Å². The molecular formula is C22H25N2O2S+. The van der Waals surface area contributed by atoms with E-state index in [1.54, 1.807) is 0 Å². The van der Waals surface area contributed by atoms with Crippen LogP contribution in [0.1, 0.15) is 48.0 Å². The summed E-state index contributed by atoms with van der Waals surface area (Å²) in [4.78, 5) is 15.7. The Morgan fingerprint density at radius 2 is 2.19 bits per heavy atom. The molecule has 4 nitrogen and oxygen atoms in total. The highest BCUT2D eigenvalue weighted by atomic mass is 32.1. The van der Waals surface area contributed by atoms with Crippen LogP contribution in [0.4, 0.5) is 0 Å². The minimum absolute atomic E-state index is 0.113. The molecule has 0 spiro atoms. The molecule has 1 unspecified atom stereocenters. The molecule has 2 N–H and O–H groups in total. The molecule has 1 fully saturated rings. The molecule has 1 aliphatic carbocycles. The lowest BCUT2D eigenvalue weighted by atomic mass is 9.96. The van der Waals surface area contributed by atoms with Gasteiger partial charge in [-0.25, -0.2) is 0 Å². The van der Waals surface area contributed by atoms with Crippen molar-refractivity contribution in [2.24, 2.45) is 5.92 Å². The molecule has 1 aliphatic heterocycles. The number of thiophene rings is 1. The zero-order chi connectivity index (χ0) is 18.4. The molecule has 27 heavy (non-hydrogen) atoms. The van der Waals surface area contributed by atoms with E-state index in [4.69, 9.17) is 4.42 Å². The summed E-state index contributed by atoms with van der Waals surface area (Å²) in [6, 6.07) is 12.7. The van der Waals surface area contributed by atoms with Gasteiger partial charge in [-0.2, -0.15) is 0 Å². The van der Waals surface area contributed by atoms with Crippen molar-refractivity contribution in [3.63, 3.8) is 0 Å². The molecule has 1 amide bonds. The van der Waals surface area contributed by atoms with Crippen LogP contribution in [-0.4, -0.2) is 19.0 Å². The first-order valence-electron chi connectivity index (χ1n) is 9.88. The first kappa shape index (κ1) is 17.0. The molecule has 2 aliphatic rings. The van der Waals surface area contributed by atoms with Crippen molar-refractivity contribution in [2.75, 3.05) is 13.1 Å². The highest BCUT2D eigenvalue weighted by molar-refractivity contribution is 7.10. The Morgan fingerprint density at radius 1 is 1.33 bits per heavy atom. The predicted molar refractivity (Wildman–Crippen MR) is 107 cm³/mol. The molecule has 1 aromatic carbocycles. The van der Waals surface area contributed by atoms with Gasteiger partial charge in [0.2, 0.25) is 0 Å². The van der Waals surface area contributed by atoms with Gasteiger partial charge < -0.3 is 14.6 Å². The van der Waals surface area contributed by atoms with E-state index in [-0.39, 0.29) is 11.9 Å². The highest BCUT2D eigenvalue weighted by Gasteiger charge is 2.43. The van der Waals surface area contributed by atoms with Gasteiger partial charge in [0, 0.05) is 28.2 Å². The van der Waals surface area contributed by atoms with E-state index in [0.29, 0.717) is 12.6 Å². The Bertz CT molecular complexity index is 939. The van der Waals surface area contributed by atoms with Gasteiger partial charge in [0.25, 0.3) is 5.91 Å². The molecular weight excluding hydrogens is 356 g/mol. The summed E-state index contributed by atoms with van der Waals surface area (Å²) in [5.41, 5.74) is 2.37. The minimum Gasteiger partial charge on any atom is -0.459 e. The summed E-state index contributed by atoms with van der Waals surface area (Å²) in [5.74, 6) is 1.69. The average molecular weight is 382 g/mol. The van der Waals surface area contributed by atoms with E-state index in [1.165, 1.54) is 28.2 Å². The molecule has 0 radical (unpaired) electrons. The Morgan fingerprint density at radius 3 is 3.00 bits per heavy atom. The molecule has 5 heteroatoms. The second-order valence-electron chi connectivity index (χ2n) is 7.93. The monoisotopic (exact) mass is 381 g/mol. The number of carbonyl (C=O) groups excluding carboxylic acids is 1. The smallest absolute Gasteiger partial charge is 0.275 e. The molecule has 3 heterocycles. The van der Waals surface area contributed by atoms with Crippen LogP contribution in [0.15, 0.2) is 46.2 Å². The van der Waals surface area contributed by atoms with E-state index >= 15 is 0 Å². The van der Waals surface area contributed by atoms with E-state index in [0.717, 1.165) is 35.6 Å². The number of quaternary nitrogens is 1. The number of furan rings is 1. The third-order valence-electron chi connectivity index (χ3n) is 5.96. The number of rotatable bonds is 5. The predicted octanol–water partition coefficient (Wildman–Crippen LogP) is 3.26. The van der Waals surface area contributed by atoms with Gasteiger partial charge in [-0.05, 0) is 43.3 Å². The minimum atomic E-state index is -0.120. The summed E-state index contributed by atoms with van der Waals surface area (Å²) in [5, 5.41) is 6.44. The maximum Gasteiger partial charge on any atom is 0.275 e. The number of nitrogens with one attached hydrogen (secondary N) is 2. The Kier molecular flexibility index (Phi) is 4.29. The van der Waals surface area contributed by atoms with Crippen molar-refractivity contribution in [1.82, 2.24) is 5.32 Å². The second kappa shape index (κ2) is 6.80. The normalized spacial score (nSPS) is 23.1. The summed E-state index contributed by atoms with van der Waals surface area (Å²) >= 11 is 1.88. The fraction of sp³-hybridized carbons (Fsp3) is 0.409. The van der Waals surface area contributed by atoms with E-state index in [2.05, 4.69) is 16.8 Å². The average Bonchev–Trinajstić information content (AvgIpc) is 3.21. The summed E-state index contributed by atoms with van der Waals surface area (Å²) in [6.45, 7) is 3.60. The Hall–Kier alpha value is -2.11. The van der Waals surface area contributed by atoms with Gasteiger partial charge in [0.1, 0.15) is 17.4 Å². The molecule has 5 rings (SSSR count). The number of para-hydroxylation sites is 1. The maximum atomic E-state index is 12.8. The molecule has 0 bridgehead atoms. The number of benzene rings is 1. The van der Waals surface area contributed by atoms with Crippen molar-refractivity contribution in [1.29, 1.82) is 0 Å². The quantitative estimate of drug-likeness (QED) is 0.713. The van der Waals surface area contributed by atoms with Gasteiger partial charge in [-0.3, -0.25) is 4.79 Å². The van der Waals surface area contributed by atoms with Gasteiger partial charge in [-0.1, -0.05) is 18.2 Å².